The zero-order valence-corrected chi connectivity index (χ0v) is 17.4. The fourth-order valence-electron chi connectivity index (χ4n) is 2.97. The molecule has 30 heavy (non-hydrogen) atoms. The lowest BCUT2D eigenvalue weighted by Crippen LogP contribution is -2.04. The smallest absolute Gasteiger partial charge is 0.231 e. The van der Waals surface area contributed by atoms with Crippen LogP contribution in [0.4, 0.5) is 34.6 Å². The first kappa shape index (κ1) is 19.5. The van der Waals surface area contributed by atoms with E-state index < -0.39 is 0 Å². The van der Waals surface area contributed by atoms with E-state index >= 15 is 0 Å². The highest BCUT2D eigenvalue weighted by Gasteiger charge is 2.07. The molecule has 0 saturated carbocycles. The van der Waals surface area contributed by atoms with E-state index in [1.807, 2.05) is 42.5 Å². The van der Waals surface area contributed by atoms with Gasteiger partial charge in [0.2, 0.25) is 5.95 Å². The van der Waals surface area contributed by atoms with Gasteiger partial charge in [0.15, 0.2) is 0 Å². The molecule has 0 atom stereocenters. The molecule has 4 aromatic rings. The summed E-state index contributed by atoms with van der Waals surface area (Å²) >= 11 is 0. The first-order valence-electron chi connectivity index (χ1n) is 9.94. The average molecular weight is 396 g/mol. The molecule has 0 aliphatic carbocycles. The Morgan fingerprint density at radius 2 is 0.800 bits per heavy atom. The molecule has 0 saturated heterocycles. The molecule has 0 bridgehead atoms. The number of hydrogen-bond acceptors (Lipinski definition) is 5. The summed E-state index contributed by atoms with van der Waals surface area (Å²) in [4.78, 5) is 9.30. The Kier molecular flexibility index (Phi) is 5.61. The number of rotatable bonds is 6. The number of nitrogens with one attached hydrogen (secondary N) is 3. The van der Waals surface area contributed by atoms with Gasteiger partial charge in [-0.05, 0) is 57.2 Å². The van der Waals surface area contributed by atoms with Gasteiger partial charge in [-0.1, -0.05) is 53.1 Å². The zero-order valence-electron chi connectivity index (χ0n) is 17.4. The highest BCUT2D eigenvalue weighted by Crippen LogP contribution is 2.24. The average Bonchev–Trinajstić information content (AvgIpc) is 2.73. The zero-order chi connectivity index (χ0) is 20.9. The molecule has 0 radical (unpaired) electrons. The Hall–Kier alpha value is -3.86. The lowest BCUT2D eigenvalue weighted by Gasteiger charge is -2.13. The fraction of sp³-hybridized carbons (Fsp3) is 0.120. The standard InChI is InChI=1S/C25H25N5/c1-17-4-10-20(11-5-17)26-23-16-24(27-21-12-6-18(2)7-13-21)30-25(29-23)28-22-14-8-19(3)9-15-22/h4-16H,1-3H3,(H3,26,27,28,29,30). The summed E-state index contributed by atoms with van der Waals surface area (Å²) in [5.74, 6) is 1.93. The van der Waals surface area contributed by atoms with Crippen molar-refractivity contribution in [1.29, 1.82) is 0 Å². The van der Waals surface area contributed by atoms with E-state index in [0.29, 0.717) is 17.6 Å². The van der Waals surface area contributed by atoms with E-state index in [2.05, 4.69) is 83.1 Å². The van der Waals surface area contributed by atoms with Gasteiger partial charge in [-0.2, -0.15) is 9.97 Å². The number of nitrogens with zero attached hydrogens (tertiary/aromatic N) is 2. The van der Waals surface area contributed by atoms with Crippen LogP contribution in [0, 0.1) is 20.8 Å². The maximum absolute atomic E-state index is 4.65. The molecule has 0 fully saturated rings. The van der Waals surface area contributed by atoms with Gasteiger partial charge < -0.3 is 16.0 Å². The topological polar surface area (TPSA) is 61.9 Å². The molecular weight excluding hydrogens is 370 g/mol. The molecular formula is C25H25N5. The summed E-state index contributed by atoms with van der Waals surface area (Å²) in [5, 5.41) is 10.0. The van der Waals surface area contributed by atoms with E-state index in [9.17, 15) is 0 Å². The first-order valence-corrected chi connectivity index (χ1v) is 9.94. The maximum Gasteiger partial charge on any atom is 0.231 e. The maximum atomic E-state index is 4.65. The highest BCUT2D eigenvalue weighted by atomic mass is 15.2. The summed E-state index contributed by atoms with van der Waals surface area (Å²) in [6, 6.07) is 26.5. The minimum absolute atomic E-state index is 0.519. The highest BCUT2D eigenvalue weighted by molar-refractivity contribution is 5.67. The van der Waals surface area contributed by atoms with Gasteiger partial charge in [-0.15, -0.1) is 0 Å². The molecule has 0 spiro atoms. The first-order chi connectivity index (χ1) is 14.5. The Morgan fingerprint density at radius 3 is 1.17 bits per heavy atom. The third kappa shape index (κ3) is 5.14. The Balaban J connectivity index is 1.64. The van der Waals surface area contributed by atoms with E-state index in [0.717, 1.165) is 17.1 Å². The van der Waals surface area contributed by atoms with Gasteiger partial charge in [0.1, 0.15) is 11.6 Å². The van der Waals surface area contributed by atoms with Crippen LogP contribution in [0.2, 0.25) is 0 Å². The van der Waals surface area contributed by atoms with Crippen LogP contribution in [0.5, 0.6) is 0 Å². The quantitative estimate of drug-likeness (QED) is 0.342. The molecule has 0 aliphatic rings. The third-order valence-electron chi connectivity index (χ3n) is 4.68. The van der Waals surface area contributed by atoms with E-state index in [4.69, 9.17) is 0 Å². The molecule has 5 nitrogen and oxygen atoms in total. The number of aryl methyl sites for hydroxylation is 3. The van der Waals surface area contributed by atoms with Crippen molar-refractivity contribution in [2.24, 2.45) is 0 Å². The molecule has 3 N–H and O–H groups in total. The van der Waals surface area contributed by atoms with Crippen molar-refractivity contribution < 1.29 is 0 Å². The van der Waals surface area contributed by atoms with Gasteiger partial charge >= 0.3 is 0 Å². The van der Waals surface area contributed by atoms with Crippen LogP contribution < -0.4 is 16.0 Å². The Bertz CT molecular complexity index is 959. The second kappa shape index (κ2) is 8.66. The third-order valence-corrected chi connectivity index (χ3v) is 4.68. The monoisotopic (exact) mass is 395 g/mol. The second-order valence-electron chi connectivity index (χ2n) is 7.44. The number of benzene rings is 3. The predicted octanol–water partition coefficient (Wildman–Crippen LogP) is 6.63. The van der Waals surface area contributed by atoms with Crippen molar-refractivity contribution in [3.8, 4) is 0 Å². The lowest BCUT2D eigenvalue weighted by atomic mass is 10.2. The SMILES string of the molecule is Cc1ccc(Nc2cc(Nc3ccc(C)cc3)nc(Nc3ccc(C)cc3)n2)cc1. The normalized spacial score (nSPS) is 10.5. The molecule has 1 heterocycles. The van der Waals surface area contributed by atoms with Crippen LogP contribution in [0.15, 0.2) is 78.9 Å². The summed E-state index contributed by atoms with van der Waals surface area (Å²) in [6.45, 7) is 6.21. The fourth-order valence-corrected chi connectivity index (χ4v) is 2.97. The van der Waals surface area contributed by atoms with E-state index in [-0.39, 0.29) is 0 Å². The minimum atomic E-state index is 0.519. The van der Waals surface area contributed by atoms with Gasteiger partial charge in [0.05, 0.1) is 0 Å². The summed E-state index contributed by atoms with van der Waals surface area (Å²) in [7, 11) is 0. The van der Waals surface area contributed by atoms with E-state index in [1.165, 1.54) is 16.7 Å². The summed E-state index contributed by atoms with van der Waals surface area (Å²) < 4.78 is 0. The molecule has 4 rings (SSSR count). The van der Waals surface area contributed by atoms with Crippen LogP contribution >= 0.6 is 0 Å². The molecule has 150 valence electrons. The van der Waals surface area contributed by atoms with E-state index in [1.54, 1.807) is 0 Å². The van der Waals surface area contributed by atoms with Crippen LogP contribution in [0.1, 0.15) is 16.7 Å². The predicted molar refractivity (Wildman–Crippen MR) is 125 cm³/mol. The molecule has 1 aromatic heterocycles. The van der Waals surface area contributed by atoms with Crippen molar-refractivity contribution in [2.45, 2.75) is 20.8 Å². The van der Waals surface area contributed by atoms with Gasteiger partial charge in [0.25, 0.3) is 0 Å². The van der Waals surface area contributed by atoms with Crippen LogP contribution in [-0.2, 0) is 0 Å². The largest absolute Gasteiger partial charge is 0.340 e. The molecule has 0 amide bonds. The second-order valence-corrected chi connectivity index (χ2v) is 7.44. The summed E-state index contributed by atoms with van der Waals surface area (Å²) in [5.41, 5.74) is 6.52. The summed E-state index contributed by atoms with van der Waals surface area (Å²) in [6.07, 6.45) is 0. The minimum Gasteiger partial charge on any atom is -0.340 e. The molecule has 3 aromatic carbocycles. The number of hydrogen-bond donors (Lipinski definition) is 3. The van der Waals surface area contributed by atoms with Crippen LogP contribution in [0.25, 0.3) is 0 Å². The van der Waals surface area contributed by atoms with Crippen molar-refractivity contribution >= 4 is 34.6 Å². The van der Waals surface area contributed by atoms with Gasteiger partial charge in [0, 0.05) is 23.1 Å². The van der Waals surface area contributed by atoms with Crippen molar-refractivity contribution in [1.82, 2.24) is 9.97 Å². The molecule has 0 aliphatic heterocycles. The number of aromatic nitrogens is 2. The van der Waals surface area contributed by atoms with Gasteiger partial charge in [-0.25, -0.2) is 0 Å². The molecule has 5 heteroatoms. The van der Waals surface area contributed by atoms with Crippen molar-refractivity contribution in [3.63, 3.8) is 0 Å². The molecule has 0 unspecified atom stereocenters. The van der Waals surface area contributed by atoms with Crippen molar-refractivity contribution in [3.05, 3.63) is 95.6 Å². The van der Waals surface area contributed by atoms with Crippen LogP contribution in [0.3, 0.4) is 0 Å². The van der Waals surface area contributed by atoms with Gasteiger partial charge in [-0.3, -0.25) is 0 Å². The lowest BCUT2D eigenvalue weighted by molar-refractivity contribution is 1.16. The van der Waals surface area contributed by atoms with Crippen LogP contribution in [-0.4, -0.2) is 9.97 Å². The number of anilines is 6. The Morgan fingerprint density at radius 1 is 0.467 bits per heavy atom. The van der Waals surface area contributed by atoms with Crippen molar-refractivity contribution in [2.75, 3.05) is 16.0 Å². The Labute approximate surface area is 177 Å².